The molecule has 1 aliphatic heterocycles. The quantitative estimate of drug-likeness (QED) is 0.706. The van der Waals surface area contributed by atoms with Gasteiger partial charge in [-0.1, -0.05) is 30.3 Å². The predicted molar refractivity (Wildman–Crippen MR) is 111 cm³/mol. The van der Waals surface area contributed by atoms with Crippen molar-refractivity contribution >= 4 is 39.2 Å². The van der Waals surface area contributed by atoms with Gasteiger partial charge >= 0.3 is 6.03 Å². The number of urea groups is 1. The summed E-state index contributed by atoms with van der Waals surface area (Å²) < 4.78 is 1.12. The van der Waals surface area contributed by atoms with Crippen molar-refractivity contribution in [3.63, 3.8) is 0 Å². The lowest BCUT2D eigenvalue weighted by atomic mass is 9.96. The normalized spacial score (nSPS) is 14.8. The molecule has 0 atom stereocenters. The van der Waals surface area contributed by atoms with Gasteiger partial charge in [0.05, 0.1) is 16.8 Å². The smallest absolute Gasteiger partial charge is 0.317 e. The second kappa shape index (κ2) is 8.39. The Morgan fingerprint density at radius 1 is 1.04 bits per heavy atom. The lowest BCUT2D eigenvalue weighted by Gasteiger charge is -2.31. The van der Waals surface area contributed by atoms with Crippen LogP contribution in [0.25, 0.3) is 10.2 Å². The molecule has 1 aliphatic rings. The number of benzene rings is 2. The number of hydrogen-bond donors (Lipinski definition) is 2. The van der Waals surface area contributed by atoms with Gasteiger partial charge in [-0.3, -0.25) is 4.79 Å². The summed E-state index contributed by atoms with van der Waals surface area (Å²) in [6.07, 6.45) is 1.35. The minimum atomic E-state index is -0.0961. The first-order valence-electron chi connectivity index (χ1n) is 9.42. The van der Waals surface area contributed by atoms with E-state index in [1.54, 1.807) is 16.2 Å². The maximum atomic E-state index is 12.4. The highest BCUT2D eigenvalue weighted by Crippen LogP contribution is 2.22. The molecule has 1 saturated heterocycles. The summed E-state index contributed by atoms with van der Waals surface area (Å²) in [6, 6.07) is 17.3. The number of nitrogens with zero attached hydrogens (tertiary/aromatic N) is 2. The summed E-state index contributed by atoms with van der Waals surface area (Å²) >= 11 is 1.59. The highest BCUT2D eigenvalue weighted by Gasteiger charge is 2.27. The molecule has 1 aromatic heterocycles. The van der Waals surface area contributed by atoms with Crippen molar-refractivity contribution in [2.75, 3.05) is 18.4 Å². The molecule has 0 aliphatic carbocycles. The third-order valence-electron chi connectivity index (χ3n) is 4.92. The van der Waals surface area contributed by atoms with Crippen molar-refractivity contribution in [3.05, 3.63) is 59.6 Å². The van der Waals surface area contributed by atoms with E-state index in [0.29, 0.717) is 32.5 Å². The van der Waals surface area contributed by atoms with E-state index in [1.807, 2.05) is 54.6 Å². The van der Waals surface area contributed by atoms with E-state index < -0.39 is 0 Å². The Labute approximate surface area is 167 Å². The number of rotatable bonds is 4. The van der Waals surface area contributed by atoms with Gasteiger partial charge in [-0.05, 0) is 37.1 Å². The van der Waals surface area contributed by atoms with Crippen molar-refractivity contribution in [1.82, 2.24) is 15.2 Å². The zero-order valence-electron chi connectivity index (χ0n) is 15.4. The van der Waals surface area contributed by atoms with Crippen molar-refractivity contribution < 1.29 is 9.59 Å². The van der Waals surface area contributed by atoms with Crippen LogP contribution in [0.15, 0.2) is 54.6 Å². The summed E-state index contributed by atoms with van der Waals surface area (Å²) in [5, 5.41) is 6.79. The van der Waals surface area contributed by atoms with Crippen LogP contribution >= 0.6 is 11.3 Å². The number of fused-ring (bicyclic) bond motifs is 1. The van der Waals surface area contributed by atoms with Crippen LogP contribution < -0.4 is 10.6 Å². The van der Waals surface area contributed by atoms with Crippen LogP contribution in [0, 0.1) is 5.92 Å². The zero-order chi connectivity index (χ0) is 19.3. The van der Waals surface area contributed by atoms with Crippen LogP contribution in [0.5, 0.6) is 0 Å². The Morgan fingerprint density at radius 3 is 2.50 bits per heavy atom. The van der Waals surface area contributed by atoms with Crippen LogP contribution in [-0.4, -0.2) is 34.9 Å². The maximum Gasteiger partial charge on any atom is 0.317 e. The first-order valence-corrected chi connectivity index (χ1v) is 10.2. The van der Waals surface area contributed by atoms with Gasteiger partial charge in [-0.25, -0.2) is 9.78 Å². The molecule has 0 bridgehead atoms. The largest absolute Gasteiger partial charge is 0.331 e. The van der Waals surface area contributed by atoms with E-state index in [4.69, 9.17) is 0 Å². The first kappa shape index (κ1) is 18.4. The van der Waals surface area contributed by atoms with Crippen molar-refractivity contribution in [2.24, 2.45) is 5.92 Å². The van der Waals surface area contributed by atoms with E-state index in [-0.39, 0.29) is 17.9 Å². The first-order chi connectivity index (χ1) is 13.7. The second-order valence-corrected chi connectivity index (χ2v) is 7.97. The molecule has 144 valence electrons. The van der Waals surface area contributed by atoms with Gasteiger partial charge in [0.25, 0.3) is 0 Å². The number of amides is 3. The molecule has 0 saturated carbocycles. The van der Waals surface area contributed by atoms with Crippen LogP contribution in [0.4, 0.5) is 10.5 Å². The van der Waals surface area contributed by atoms with Crippen LogP contribution in [0.2, 0.25) is 0 Å². The van der Waals surface area contributed by atoms with Gasteiger partial charge in [0.2, 0.25) is 5.91 Å². The molecule has 2 N–H and O–H groups in total. The highest BCUT2D eigenvalue weighted by molar-refractivity contribution is 7.18. The molecular weight excluding hydrogens is 372 g/mol. The van der Waals surface area contributed by atoms with Gasteiger partial charge < -0.3 is 15.5 Å². The molecule has 6 nitrogen and oxygen atoms in total. The topological polar surface area (TPSA) is 74.3 Å². The van der Waals surface area contributed by atoms with Crippen LogP contribution in [-0.2, 0) is 11.3 Å². The Bertz CT molecular complexity index is 932. The average Bonchev–Trinajstić information content (AvgIpc) is 3.16. The highest BCUT2D eigenvalue weighted by atomic mass is 32.1. The Kier molecular flexibility index (Phi) is 5.53. The Hall–Kier alpha value is -2.93. The minimum absolute atomic E-state index is 0.0285. The fraction of sp³-hybridized carbons (Fsp3) is 0.286. The number of para-hydroxylation sites is 2. The fourth-order valence-electron chi connectivity index (χ4n) is 3.37. The van der Waals surface area contributed by atoms with Gasteiger partial charge in [-0.15, -0.1) is 11.3 Å². The zero-order valence-corrected chi connectivity index (χ0v) is 16.2. The summed E-state index contributed by atoms with van der Waals surface area (Å²) in [7, 11) is 0. The van der Waals surface area contributed by atoms with Crippen molar-refractivity contribution in [3.8, 4) is 0 Å². The van der Waals surface area contributed by atoms with Gasteiger partial charge in [0.1, 0.15) is 5.01 Å². The number of anilines is 1. The van der Waals surface area contributed by atoms with Crippen molar-refractivity contribution in [1.29, 1.82) is 0 Å². The summed E-state index contributed by atoms with van der Waals surface area (Å²) in [5.74, 6) is -0.0331. The number of carbonyl (C=O) groups excluding carboxylic acids is 2. The van der Waals surface area contributed by atoms with E-state index in [9.17, 15) is 9.59 Å². The molecule has 4 rings (SSSR count). The van der Waals surface area contributed by atoms with Gasteiger partial charge in [0.15, 0.2) is 0 Å². The third-order valence-corrected chi connectivity index (χ3v) is 5.96. The van der Waals surface area contributed by atoms with Crippen LogP contribution in [0.1, 0.15) is 17.8 Å². The number of hydrogen-bond acceptors (Lipinski definition) is 4. The van der Waals surface area contributed by atoms with Crippen LogP contribution in [0.3, 0.4) is 0 Å². The number of thiazole rings is 1. The van der Waals surface area contributed by atoms with E-state index in [2.05, 4.69) is 15.6 Å². The van der Waals surface area contributed by atoms with E-state index >= 15 is 0 Å². The molecule has 0 unspecified atom stereocenters. The second-order valence-electron chi connectivity index (χ2n) is 6.85. The molecule has 3 aromatic rings. The van der Waals surface area contributed by atoms with Gasteiger partial charge in [0, 0.05) is 24.7 Å². The number of likely N-dealkylation sites (tertiary alicyclic amines) is 1. The van der Waals surface area contributed by atoms with E-state index in [1.165, 1.54) is 0 Å². The average molecular weight is 395 g/mol. The van der Waals surface area contributed by atoms with E-state index in [0.717, 1.165) is 20.9 Å². The Balaban J connectivity index is 1.25. The monoisotopic (exact) mass is 394 g/mol. The molecular formula is C21H22N4O2S. The predicted octanol–water partition coefficient (Wildman–Crippen LogP) is 3.86. The maximum absolute atomic E-state index is 12.4. The summed E-state index contributed by atoms with van der Waals surface area (Å²) in [6.45, 7) is 1.59. The van der Waals surface area contributed by atoms with Crippen molar-refractivity contribution in [2.45, 2.75) is 19.4 Å². The molecule has 3 amide bonds. The summed E-state index contributed by atoms with van der Waals surface area (Å²) in [5.41, 5.74) is 1.77. The molecule has 2 aromatic carbocycles. The lowest BCUT2D eigenvalue weighted by Crippen LogP contribution is -2.45. The number of piperidine rings is 1. The number of nitrogens with one attached hydrogen (secondary N) is 2. The molecule has 2 heterocycles. The standard InChI is InChI=1S/C21H22N4O2S/c26-20(23-16-6-2-1-3-7-16)15-10-12-25(13-11-15)21(27)22-14-19-24-17-8-4-5-9-18(17)28-19/h1-9,15H,10-14H2,(H,22,27)(H,23,26). The lowest BCUT2D eigenvalue weighted by molar-refractivity contribution is -0.121. The SMILES string of the molecule is O=C(Nc1ccccc1)C1CCN(C(=O)NCc2nc3ccccc3s2)CC1. The number of carbonyl (C=O) groups is 2. The summed E-state index contributed by atoms with van der Waals surface area (Å²) in [4.78, 5) is 31.2. The molecule has 0 radical (unpaired) electrons. The molecule has 28 heavy (non-hydrogen) atoms. The molecule has 7 heteroatoms. The third kappa shape index (κ3) is 4.31. The fourth-order valence-corrected chi connectivity index (χ4v) is 4.28. The number of aromatic nitrogens is 1. The molecule has 1 fully saturated rings. The van der Waals surface area contributed by atoms with Gasteiger partial charge in [-0.2, -0.15) is 0 Å². The minimum Gasteiger partial charge on any atom is -0.331 e. The Morgan fingerprint density at radius 2 is 1.75 bits per heavy atom. The molecule has 0 spiro atoms.